The number of hydrogen-bond acceptors (Lipinski definition) is 4. The highest BCUT2D eigenvalue weighted by molar-refractivity contribution is 9.11. The summed E-state index contributed by atoms with van der Waals surface area (Å²) in [5, 5.41) is 2.12. The summed E-state index contributed by atoms with van der Waals surface area (Å²) in [7, 11) is 0. The molecule has 0 amide bonds. The molecule has 0 aliphatic rings. The first-order valence-electron chi connectivity index (χ1n) is 12.4. The zero-order valence-electron chi connectivity index (χ0n) is 23.3. The number of nitrogens with zero attached hydrogens (tertiary/aromatic N) is 1. The van der Waals surface area contributed by atoms with Crippen molar-refractivity contribution in [1.82, 2.24) is 4.98 Å². The van der Waals surface area contributed by atoms with Crippen molar-refractivity contribution in [3.63, 3.8) is 0 Å². The molecule has 0 N–H and O–H groups in total. The van der Waals surface area contributed by atoms with E-state index in [0.29, 0.717) is 17.8 Å². The minimum Gasteiger partial charge on any atom is -0.260 e. The molecule has 0 aliphatic carbocycles. The van der Waals surface area contributed by atoms with E-state index in [1.807, 2.05) is 47.1 Å². The Morgan fingerprint density at radius 3 is 1.57 bits per heavy atom. The van der Waals surface area contributed by atoms with E-state index >= 15 is 0 Å². The molecule has 4 aromatic heterocycles. The van der Waals surface area contributed by atoms with E-state index in [-0.39, 0.29) is 5.41 Å². The maximum absolute atomic E-state index is 5.72. The van der Waals surface area contributed by atoms with Crippen molar-refractivity contribution in [3.05, 3.63) is 93.0 Å². The topological polar surface area (TPSA) is 12.9 Å². The normalized spacial score (nSPS) is 10.9. The lowest BCUT2D eigenvalue weighted by atomic mass is 9.92. The Kier molecular flexibility index (Phi) is 16.1. The number of hydrogen-bond donors (Lipinski definition) is 0. The van der Waals surface area contributed by atoms with Crippen LogP contribution in [0.2, 0.25) is 4.34 Å². The van der Waals surface area contributed by atoms with Crippen molar-refractivity contribution in [2.45, 2.75) is 85.5 Å². The third-order valence-corrected chi connectivity index (χ3v) is 10.0. The third-order valence-electron chi connectivity index (χ3n) is 4.93. The Morgan fingerprint density at radius 1 is 0.730 bits per heavy atom. The van der Waals surface area contributed by atoms with Gasteiger partial charge in [-0.15, -0.1) is 34.0 Å². The molecule has 0 saturated carbocycles. The molecule has 0 radical (unpaired) electrons. The van der Waals surface area contributed by atoms with Crippen molar-refractivity contribution >= 4 is 77.5 Å². The molecule has 0 aliphatic heterocycles. The zero-order valence-corrected chi connectivity index (χ0v) is 29.7. The first-order valence-corrected chi connectivity index (χ1v) is 16.8. The Balaban J connectivity index is 0.000000248. The lowest BCUT2D eigenvalue weighted by molar-refractivity contribution is 0.568. The van der Waals surface area contributed by atoms with Crippen LogP contribution in [-0.4, -0.2) is 4.98 Å². The number of halogens is 3. The van der Waals surface area contributed by atoms with Gasteiger partial charge in [0.25, 0.3) is 0 Å². The number of aromatic nitrogens is 1. The lowest BCUT2D eigenvalue weighted by Gasteiger charge is -2.16. The third kappa shape index (κ3) is 14.5. The minimum atomic E-state index is 0.153. The molecule has 4 aromatic rings. The Labute approximate surface area is 259 Å². The highest BCUT2D eigenvalue weighted by atomic mass is 79.9. The van der Waals surface area contributed by atoms with Crippen LogP contribution in [0.25, 0.3) is 0 Å². The van der Waals surface area contributed by atoms with Gasteiger partial charge in [0.1, 0.15) is 0 Å². The molecule has 0 spiro atoms. The molecule has 204 valence electrons. The second-order valence-electron chi connectivity index (χ2n) is 10.4. The van der Waals surface area contributed by atoms with Gasteiger partial charge < -0.3 is 0 Å². The Bertz CT molecular complexity index is 1080. The van der Waals surface area contributed by atoms with E-state index in [4.69, 9.17) is 11.6 Å². The molecule has 0 bridgehead atoms. The number of pyridine rings is 1. The van der Waals surface area contributed by atoms with Crippen LogP contribution in [0.4, 0.5) is 0 Å². The van der Waals surface area contributed by atoms with Gasteiger partial charge in [-0.3, -0.25) is 4.98 Å². The highest BCUT2D eigenvalue weighted by Crippen LogP contribution is 2.28. The van der Waals surface area contributed by atoms with E-state index in [2.05, 4.69) is 135 Å². The molecule has 0 saturated heterocycles. The van der Waals surface area contributed by atoms with Crippen molar-refractivity contribution in [2.24, 2.45) is 0 Å². The van der Waals surface area contributed by atoms with Crippen LogP contribution in [0.15, 0.2) is 68.4 Å². The molecule has 0 unspecified atom stereocenters. The maximum atomic E-state index is 5.72. The standard InChI is InChI=1S/C9H12BrN.C7H9BrS.C7H9ClS.C7H10S/c1-9(2,3)8-5-4-7(10)6-11-8;2*1-5(2)6-3-4-7(8)9-6;1-6(2)7-4-3-5-8-7/h4-6H,1-3H3;2*3-5H,1-2H3;3-6H,1-2H3. The summed E-state index contributed by atoms with van der Waals surface area (Å²) in [6.45, 7) is 19.6. The minimum absolute atomic E-state index is 0.153. The molecule has 4 heterocycles. The maximum Gasteiger partial charge on any atom is 0.0931 e. The van der Waals surface area contributed by atoms with Crippen LogP contribution in [0.1, 0.15) is 100 Å². The predicted molar refractivity (Wildman–Crippen MR) is 179 cm³/mol. The van der Waals surface area contributed by atoms with Crippen molar-refractivity contribution in [2.75, 3.05) is 0 Å². The highest BCUT2D eigenvalue weighted by Gasteiger charge is 2.14. The monoisotopic (exact) mass is 703 g/mol. The van der Waals surface area contributed by atoms with Crippen molar-refractivity contribution in [1.29, 1.82) is 0 Å². The van der Waals surface area contributed by atoms with Crippen molar-refractivity contribution < 1.29 is 0 Å². The van der Waals surface area contributed by atoms with Crippen LogP contribution in [0.3, 0.4) is 0 Å². The fraction of sp³-hybridized carbons (Fsp3) is 0.433. The van der Waals surface area contributed by atoms with Gasteiger partial charge in [0, 0.05) is 36.4 Å². The van der Waals surface area contributed by atoms with Gasteiger partial charge in [0.15, 0.2) is 0 Å². The first-order chi connectivity index (χ1) is 17.2. The summed E-state index contributed by atoms with van der Waals surface area (Å²) in [6.07, 6.45) is 1.83. The van der Waals surface area contributed by atoms with Crippen LogP contribution in [-0.2, 0) is 5.41 Å². The van der Waals surface area contributed by atoms with Gasteiger partial charge in [-0.25, -0.2) is 0 Å². The molecule has 0 atom stereocenters. The fourth-order valence-corrected chi connectivity index (χ4v) is 6.18. The van der Waals surface area contributed by atoms with Gasteiger partial charge in [-0.2, -0.15) is 0 Å². The molecule has 4 rings (SSSR count). The smallest absolute Gasteiger partial charge is 0.0931 e. The molecule has 0 fully saturated rings. The van der Waals surface area contributed by atoms with Gasteiger partial charge in [-0.05, 0) is 97.5 Å². The van der Waals surface area contributed by atoms with E-state index in [0.717, 1.165) is 14.5 Å². The summed E-state index contributed by atoms with van der Waals surface area (Å²) in [5.74, 6) is 1.98. The molecule has 1 nitrogen and oxygen atoms in total. The van der Waals surface area contributed by atoms with Crippen LogP contribution < -0.4 is 0 Å². The summed E-state index contributed by atoms with van der Waals surface area (Å²) in [6, 6.07) is 16.6. The van der Waals surface area contributed by atoms with E-state index < -0.39 is 0 Å². The van der Waals surface area contributed by atoms with Gasteiger partial charge in [0.2, 0.25) is 0 Å². The average Bonchev–Trinajstić information content (AvgIpc) is 3.57. The van der Waals surface area contributed by atoms with E-state index in [9.17, 15) is 0 Å². The number of thiophene rings is 3. The van der Waals surface area contributed by atoms with Crippen LogP contribution in [0.5, 0.6) is 0 Å². The lowest BCUT2D eigenvalue weighted by Crippen LogP contribution is -2.12. The second-order valence-corrected chi connectivity index (χ2v) is 16.5. The summed E-state index contributed by atoms with van der Waals surface area (Å²) >= 11 is 17.8. The molecular weight excluding hydrogens is 666 g/mol. The quantitative estimate of drug-likeness (QED) is 0.207. The predicted octanol–water partition coefficient (Wildman–Crippen LogP) is 13.2. The first kappa shape index (κ1) is 34.5. The second kappa shape index (κ2) is 17.2. The van der Waals surface area contributed by atoms with Gasteiger partial charge in [0.05, 0.1) is 8.12 Å². The summed E-state index contributed by atoms with van der Waals surface area (Å²) < 4.78 is 3.15. The van der Waals surface area contributed by atoms with Crippen molar-refractivity contribution in [3.8, 4) is 0 Å². The fourth-order valence-electron chi connectivity index (χ4n) is 2.72. The molecule has 37 heavy (non-hydrogen) atoms. The Hall–Kier alpha value is -0.500. The zero-order chi connectivity index (χ0) is 28.2. The average molecular weight is 706 g/mol. The summed E-state index contributed by atoms with van der Waals surface area (Å²) in [5.41, 5.74) is 1.28. The SMILES string of the molecule is CC(C)(C)c1ccc(Br)cn1.CC(C)c1ccc(Br)s1.CC(C)c1ccc(Cl)s1.CC(C)c1cccs1. The molecule has 7 heteroatoms. The summed E-state index contributed by atoms with van der Waals surface area (Å²) in [4.78, 5) is 8.59. The van der Waals surface area contributed by atoms with Gasteiger partial charge in [-0.1, -0.05) is 80.0 Å². The van der Waals surface area contributed by atoms with Crippen LogP contribution >= 0.6 is 77.5 Å². The molecular formula is C30H40Br2ClNS3. The van der Waals surface area contributed by atoms with E-state index in [1.165, 1.54) is 18.4 Å². The molecule has 0 aromatic carbocycles. The van der Waals surface area contributed by atoms with E-state index in [1.54, 1.807) is 11.3 Å². The number of rotatable bonds is 3. The largest absolute Gasteiger partial charge is 0.260 e. The van der Waals surface area contributed by atoms with Crippen LogP contribution in [0, 0.1) is 0 Å². The van der Waals surface area contributed by atoms with Gasteiger partial charge >= 0.3 is 0 Å². The Morgan fingerprint density at radius 2 is 1.30 bits per heavy atom.